The van der Waals surface area contributed by atoms with E-state index in [0.29, 0.717) is 17.1 Å². The molecule has 0 aliphatic carbocycles. The van der Waals surface area contributed by atoms with Gasteiger partial charge < -0.3 is 4.42 Å². The van der Waals surface area contributed by atoms with E-state index >= 15 is 0 Å². The molecule has 0 saturated heterocycles. The predicted molar refractivity (Wildman–Crippen MR) is 64.9 cm³/mol. The molecule has 0 aliphatic heterocycles. The van der Waals surface area contributed by atoms with E-state index in [4.69, 9.17) is 4.42 Å². The van der Waals surface area contributed by atoms with Gasteiger partial charge in [0.05, 0.1) is 0 Å². The first kappa shape index (κ1) is 10.4. The van der Waals surface area contributed by atoms with Gasteiger partial charge in [-0.15, -0.1) is 0 Å². The van der Waals surface area contributed by atoms with E-state index in [1.165, 1.54) is 12.1 Å². The van der Waals surface area contributed by atoms with Gasteiger partial charge in [0.25, 0.3) is 0 Å². The zero-order chi connectivity index (χ0) is 11.8. The summed E-state index contributed by atoms with van der Waals surface area (Å²) in [6.07, 6.45) is 1.64. The molecule has 0 unspecified atom stereocenters. The van der Waals surface area contributed by atoms with Crippen LogP contribution in [-0.2, 0) is 0 Å². The van der Waals surface area contributed by atoms with Crippen LogP contribution in [0.1, 0.15) is 0 Å². The van der Waals surface area contributed by atoms with Crippen LogP contribution in [0.4, 0.5) is 4.39 Å². The Bertz CT molecular complexity index is 679. The molecule has 3 nitrogen and oxygen atoms in total. The Hall–Kier alpha value is -1.75. The van der Waals surface area contributed by atoms with Crippen molar-refractivity contribution in [3.63, 3.8) is 0 Å². The van der Waals surface area contributed by atoms with Crippen molar-refractivity contribution < 1.29 is 8.81 Å². The quantitative estimate of drug-likeness (QED) is 0.685. The fourth-order valence-corrected chi connectivity index (χ4v) is 1.83. The van der Waals surface area contributed by atoms with E-state index in [1.54, 1.807) is 18.3 Å². The maximum atomic E-state index is 12.8. The van der Waals surface area contributed by atoms with Crippen LogP contribution < -0.4 is 0 Å². The van der Waals surface area contributed by atoms with Gasteiger partial charge in [-0.3, -0.25) is 0 Å². The summed E-state index contributed by atoms with van der Waals surface area (Å²) in [4.78, 5) is 8.39. The number of rotatable bonds is 1. The zero-order valence-electron chi connectivity index (χ0n) is 8.52. The van der Waals surface area contributed by atoms with Crippen molar-refractivity contribution in [3.8, 4) is 11.5 Å². The highest BCUT2D eigenvalue weighted by Crippen LogP contribution is 2.24. The summed E-state index contributed by atoms with van der Waals surface area (Å²) in [5.74, 6) is 0.149. The van der Waals surface area contributed by atoms with E-state index in [1.807, 2.05) is 6.07 Å². The molecular weight excluding hydrogens is 287 g/mol. The lowest BCUT2D eigenvalue weighted by Gasteiger charge is -1.93. The molecule has 84 valence electrons. The van der Waals surface area contributed by atoms with Crippen LogP contribution in [0.15, 0.2) is 45.4 Å². The molecule has 0 spiro atoms. The Morgan fingerprint density at radius 3 is 2.71 bits per heavy atom. The molecular formula is C12H6BrFN2O. The zero-order valence-corrected chi connectivity index (χ0v) is 10.1. The molecule has 2 aromatic heterocycles. The topological polar surface area (TPSA) is 38.9 Å². The number of hydrogen-bond acceptors (Lipinski definition) is 3. The molecule has 0 N–H and O–H groups in total. The second kappa shape index (κ2) is 3.92. The van der Waals surface area contributed by atoms with E-state index in [2.05, 4.69) is 25.9 Å². The minimum Gasteiger partial charge on any atom is -0.418 e. The van der Waals surface area contributed by atoms with E-state index in [9.17, 15) is 4.39 Å². The minimum atomic E-state index is -0.286. The average molecular weight is 293 g/mol. The molecule has 1 aromatic carbocycles. The highest BCUT2D eigenvalue weighted by atomic mass is 79.9. The van der Waals surface area contributed by atoms with Crippen LogP contribution in [0, 0.1) is 5.82 Å². The lowest BCUT2D eigenvalue weighted by Crippen LogP contribution is -1.78. The van der Waals surface area contributed by atoms with E-state index < -0.39 is 0 Å². The average Bonchev–Trinajstić information content (AvgIpc) is 2.72. The summed E-state index contributed by atoms with van der Waals surface area (Å²) < 4.78 is 19.1. The molecule has 0 radical (unpaired) electrons. The van der Waals surface area contributed by atoms with Gasteiger partial charge in [0, 0.05) is 16.2 Å². The van der Waals surface area contributed by atoms with Crippen LogP contribution in [-0.4, -0.2) is 9.97 Å². The largest absolute Gasteiger partial charge is 0.418 e. The highest BCUT2D eigenvalue weighted by molar-refractivity contribution is 9.10. The number of halogens is 2. The fraction of sp³-hybridized carbons (Fsp3) is 0. The number of fused-ring (bicyclic) bond motifs is 1. The van der Waals surface area contributed by atoms with Crippen LogP contribution in [0.5, 0.6) is 0 Å². The molecule has 0 aliphatic rings. The van der Waals surface area contributed by atoms with Crippen molar-refractivity contribution in [3.05, 3.63) is 46.8 Å². The fourth-order valence-electron chi connectivity index (χ4n) is 1.51. The van der Waals surface area contributed by atoms with Crippen molar-refractivity contribution in [2.45, 2.75) is 0 Å². The molecule has 3 aromatic rings. The van der Waals surface area contributed by atoms with Crippen molar-refractivity contribution in [2.75, 3.05) is 0 Å². The molecule has 0 fully saturated rings. The van der Waals surface area contributed by atoms with E-state index in [-0.39, 0.29) is 5.82 Å². The van der Waals surface area contributed by atoms with E-state index in [0.717, 1.165) is 10.0 Å². The van der Waals surface area contributed by atoms with Gasteiger partial charge >= 0.3 is 0 Å². The molecule has 0 amide bonds. The number of oxazole rings is 1. The molecule has 0 atom stereocenters. The summed E-state index contributed by atoms with van der Waals surface area (Å²) >= 11 is 3.31. The normalized spacial score (nSPS) is 10.9. The summed E-state index contributed by atoms with van der Waals surface area (Å²) in [6.45, 7) is 0. The molecule has 0 saturated carbocycles. The van der Waals surface area contributed by atoms with Gasteiger partial charge in [0.15, 0.2) is 0 Å². The third-order valence-corrected chi connectivity index (χ3v) is 2.74. The number of aromatic nitrogens is 2. The van der Waals surface area contributed by atoms with Crippen LogP contribution in [0.2, 0.25) is 0 Å². The maximum absolute atomic E-state index is 12.8. The molecule has 5 heteroatoms. The lowest BCUT2D eigenvalue weighted by molar-refractivity contribution is 0.606. The number of nitrogens with zero attached hydrogens (tertiary/aromatic N) is 2. The number of hydrogen-bond donors (Lipinski definition) is 0. The Morgan fingerprint density at radius 1 is 1.18 bits per heavy atom. The monoisotopic (exact) mass is 292 g/mol. The maximum Gasteiger partial charge on any atom is 0.247 e. The van der Waals surface area contributed by atoms with Crippen LogP contribution in [0.3, 0.4) is 0 Å². The Morgan fingerprint density at radius 2 is 1.94 bits per heavy atom. The second-order valence-electron chi connectivity index (χ2n) is 3.50. The van der Waals surface area contributed by atoms with Crippen molar-refractivity contribution in [2.24, 2.45) is 0 Å². The summed E-state index contributed by atoms with van der Waals surface area (Å²) in [7, 11) is 0. The van der Waals surface area contributed by atoms with Crippen molar-refractivity contribution in [1.82, 2.24) is 9.97 Å². The third-order valence-electron chi connectivity index (χ3n) is 2.31. The van der Waals surface area contributed by atoms with Gasteiger partial charge in [-0.1, -0.05) is 0 Å². The predicted octanol–water partition coefficient (Wildman–Crippen LogP) is 3.79. The molecule has 3 rings (SSSR count). The SMILES string of the molecule is Fc1ccc(-c2nc3cc(Br)cnc3o2)cc1. The van der Waals surface area contributed by atoms with Crippen molar-refractivity contribution in [1.29, 1.82) is 0 Å². The van der Waals surface area contributed by atoms with Gasteiger partial charge in [0.1, 0.15) is 11.3 Å². The standard InChI is InChI=1S/C12H6BrFN2O/c13-8-5-10-12(15-6-8)17-11(16-10)7-1-3-9(14)4-2-7/h1-6H. The molecule has 2 heterocycles. The van der Waals surface area contributed by atoms with Crippen molar-refractivity contribution >= 4 is 27.2 Å². The number of pyridine rings is 1. The van der Waals surface area contributed by atoms with Gasteiger partial charge in [-0.05, 0) is 46.3 Å². The first-order valence-corrected chi connectivity index (χ1v) is 5.70. The van der Waals surface area contributed by atoms with Crippen LogP contribution >= 0.6 is 15.9 Å². The Balaban J connectivity index is 2.14. The summed E-state index contributed by atoms with van der Waals surface area (Å²) in [6, 6.07) is 7.80. The highest BCUT2D eigenvalue weighted by Gasteiger charge is 2.09. The first-order valence-electron chi connectivity index (χ1n) is 4.90. The lowest BCUT2D eigenvalue weighted by atomic mass is 10.2. The minimum absolute atomic E-state index is 0.286. The molecule has 17 heavy (non-hydrogen) atoms. The van der Waals surface area contributed by atoms with Gasteiger partial charge in [-0.25, -0.2) is 14.4 Å². The second-order valence-corrected chi connectivity index (χ2v) is 4.42. The summed E-state index contributed by atoms with van der Waals surface area (Å²) in [5.41, 5.74) is 1.85. The Kier molecular flexibility index (Phi) is 2.40. The number of benzene rings is 1. The Labute approximate surface area is 104 Å². The summed E-state index contributed by atoms with van der Waals surface area (Å²) in [5, 5.41) is 0. The first-order chi connectivity index (χ1) is 8.22. The van der Waals surface area contributed by atoms with Gasteiger partial charge in [0.2, 0.25) is 11.6 Å². The molecule has 0 bridgehead atoms. The smallest absolute Gasteiger partial charge is 0.247 e. The van der Waals surface area contributed by atoms with Gasteiger partial charge in [-0.2, -0.15) is 0 Å². The van der Waals surface area contributed by atoms with Crippen LogP contribution in [0.25, 0.3) is 22.7 Å². The third kappa shape index (κ3) is 1.93.